The van der Waals surface area contributed by atoms with Crippen LogP contribution in [0.1, 0.15) is 52.7 Å². The van der Waals surface area contributed by atoms with Crippen molar-refractivity contribution < 1.29 is 13.6 Å². The summed E-state index contributed by atoms with van der Waals surface area (Å²) in [5.74, 6) is 2.64. The van der Waals surface area contributed by atoms with E-state index in [4.69, 9.17) is 13.6 Å². The Morgan fingerprint density at radius 1 is 0.594 bits per heavy atom. The number of hydrogen-bond donors (Lipinski definition) is 0. The number of rotatable bonds is 7. The van der Waals surface area contributed by atoms with Crippen LogP contribution in [0.3, 0.4) is 0 Å². The van der Waals surface area contributed by atoms with E-state index in [0.717, 1.165) is 28.4 Å². The van der Waals surface area contributed by atoms with Crippen LogP contribution >= 0.6 is 0 Å². The minimum absolute atomic E-state index is 0.127. The number of ether oxygens (including phenoxy) is 1. The molecule has 0 bridgehead atoms. The highest BCUT2D eigenvalue weighted by Gasteiger charge is 2.40. The van der Waals surface area contributed by atoms with Crippen molar-refractivity contribution in [3.05, 3.63) is 53.6 Å². The monoisotopic (exact) mass is 470 g/mol. The van der Waals surface area contributed by atoms with Crippen LogP contribution in [0.25, 0.3) is 12.2 Å². The fourth-order valence-electron chi connectivity index (χ4n) is 2.61. The Labute approximate surface area is 198 Å². The van der Waals surface area contributed by atoms with E-state index in [0.29, 0.717) is 0 Å². The van der Waals surface area contributed by atoms with Crippen LogP contribution in [0.5, 0.6) is 17.2 Å². The van der Waals surface area contributed by atoms with Crippen molar-refractivity contribution in [2.24, 2.45) is 0 Å². The molecule has 0 unspecified atom stereocenters. The van der Waals surface area contributed by atoms with Crippen LogP contribution in [0.15, 0.2) is 42.5 Å². The molecule has 0 fully saturated rings. The van der Waals surface area contributed by atoms with Gasteiger partial charge in [-0.2, -0.15) is 0 Å². The van der Waals surface area contributed by atoms with Crippen molar-refractivity contribution in [2.75, 3.05) is 7.11 Å². The molecular weight excluding hydrogens is 428 g/mol. The normalized spacial score (nSPS) is 13.3. The third-order valence-electron chi connectivity index (χ3n) is 6.84. The lowest BCUT2D eigenvalue weighted by Gasteiger charge is -2.38. The first-order valence-electron chi connectivity index (χ1n) is 11.4. The van der Waals surface area contributed by atoms with E-state index in [1.165, 1.54) is 0 Å². The fraction of sp³-hybridized carbons (Fsp3) is 0.481. The summed E-state index contributed by atoms with van der Waals surface area (Å²) in [6, 6.07) is 14.4. The lowest BCUT2D eigenvalue weighted by Crippen LogP contribution is -2.44. The van der Waals surface area contributed by atoms with Crippen molar-refractivity contribution >= 4 is 28.8 Å². The molecule has 3 nitrogen and oxygen atoms in total. The molecular formula is C27H42O3Si2. The van der Waals surface area contributed by atoms with Gasteiger partial charge in [0.15, 0.2) is 0 Å². The first kappa shape index (κ1) is 26.3. The molecule has 2 aromatic rings. The van der Waals surface area contributed by atoms with Crippen molar-refractivity contribution in [2.45, 2.75) is 77.8 Å². The van der Waals surface area contributed by atoms with E-state index in [2.05, 4.69) is 110 Å². The molecule has 0 aliphatic rings. The van der Waals surface area contributed by atoms with E-state index < -0.39 is 16.6 Å². The zero-order valence-corrected chi connectivity index (χ0v) is 23.9. The zero-order chi connectivity index (χ0) is 24.4. The largest absolute Gasteiger partial charge is 0.543 e. The highest BCUT2D eigenvalue weighted by atomic mass is 28.4. The highest BCUT2D eigenvalue weighted by Crippen LogP contribution is 2.41. The second-order valence-corrected chi connectivity index (χ2v) is 21.0. The Balaban J connectivity index is 2.44. The Morgan fingerprint density at radius 2 is 1.00 bits per heavy atom. The SMILES string of the molecule is COc1ccc(C=Cc2cc(O[Si](C)(C)C(C)(C)C)cc(O[Si](C)(C)C(C)(C)C)c2)cc1. The predicted octanol–water partition coefficient (Wildman–Crippen LogP) is 8.63. The van der Waals surface area contributed by atoms with Crippen LogP contribution < -0.4 is 13.6 Å². The Kier molecular flexibility index (Phi) is 7.78. The summed E-state index contributed by atoms with van der Waals surface area (Å²) in [4.78, 5) is 0. The van der Waals surface area contributed by atoms with Crippen LogP contribution in [-0.4, -0.2) is 23.7 Å². The molecule has 32 heavy (non-hydrogen) atoms. The molecule has 0 aromatic heterocycles. The van der Waals surface area contributed by atoms with Gasteiger partial charge in [-0.3, -0.25) is 0 Å². The summed E-state index contributed by atoms with van der Waals surface area (Å²) < 4.78 is 18.6. The highest BCUT2D eigenvalue weighted by molar-refractivity contribution is 6.75. The maximum atomic E-state index is 6.65. The second kappa shape index (κ2) is 9.48. The van der Waals surface area contributed by atoms with Crippen LogP contribution in [0, 0.1) is 0 Å². The fourth-order valence-corrected chi connectivity index (χ4v) is 4.64. The van der Waals surface area contributed by atoms with Crippen LogP contribution in [0.4, 0.5) is 0 Å². The van der Waals surface area contributed by atoms with E-state index >= 15 is 0 Å². The molecule has 2 aromatic carbocycles. The van der Waals surface area contributed by atoms with Gasteiger partial charge in [-0.25, -0.2) is 0 Å². The summed E-state index contributed by atoms with van der Waals surface area (Å²) in [7, 11) is -2.25. The summed E-state index contributed by atoms with van der Waals surface area (Å²) in [5.41, 5.74) is 2.19. The molecule has 0 saturated heterocycles. The summed E-state index contributed by atoms with van der Waals surface area (Å²) >= 11 is 0. The van der Waals surface area contributed by atoms with Gasteiger partial charge in [-0.15, -0.1) is 0 Å². The molecule has 0 aliphatic carbocycles. The molecule has 176 valence electrons. The van der Waals surface area contributed by atoms with Crippen molar-refractivity contribution in [3.8, 4) is 17.2 Å². The molecule has 0 saturated carbocycles. The standard InChI is InChI=1S/C27H42O3Si2/c1-26(2,3)31(8,9)29-24-18-22(13-12-21-14-16-23(28-7)17-15-21)19-25(20-24)30-32(10,11)27(4,5)6/h12-20H,1-11H3. The minimum atomic E-state index is -1.97. The van der Waals surface area contributed by atoms with Gasteiger partial charge in [-0.1, -0.05) is 65.8 Å². The minimum Gasteiger partial charge on any atom is -0.543 e. The Bertz CT molecular complexity index is 885. The number of methoxy groups -OCH3 is 1. The molecule has 0 heterocycles. The molecule has 0 aliphatic heterocycles. The van der Waals surface area contributed by atoms with Crippen LogP contribution in [0.2, 0.25) is 36.3 Å². The number of benzene rings is 2. The predicted molar refractivity (Wildman–Crippen MR) is 144 cm³/mol. The van der Waals surface area contributed by atoms with Gasteiger partial charge in [0.2, 0.25) is 16.6 Å². The molecule has 2 rings (SSSR count). The van der Waals surface area contributed by atoms with Gasteiger partial charge in [0.25, 0.3) is 0 Å². The van der Waals surface area contributed by atoms with Crippen LogP contribution in [-0.2, 0) is 0 Å². The summed E-state index contributed by atoms with van der Waals surface area (Å²) in [6.45, 7) is 22.7. The average molecular weight is 471 g/mol. The first-order chi connectivity index (χ1) is 14.5. The maximum Gasteiger partial charge on any atom is 0.250 e. The van der Waals surface area contributed by atoms with Crippen molar-refractivity contribution in [3.63, 3.8) is 0 Å². The first-order valence-corrected chi connectivity index (χ1v) is 17.2. The third-order valence-corrected chi connectivity index (χ3v) is 15.6. The quantitative estimate of drug-likeness (QED) is 0.299. The molecule has 0 radical (unpaired) electrons. The van der Waals surface area contributed by atoms with Gasteiger partial charge in [0.1, 0.15) is 17.2 Å². The smallest absolute Gasteiger partial charge is 0.250 e. The molecule has 0 N–H and O–H groups in total. The topological polar surface area (TPSA) is 27.7 Å². The van der Waals surface area contributed by atoms with Crippen molar-refractivity contribution in [1.29, 1.82) is 0 Å². The Hall–Kier alpha value is -1.99. The van der Waals surface area contributed by atoms with E-state index in [1.54, 1.807) is 7.11 Å². The summed E-state index contributed by atoms with van der Waals surface area (Å²) in [5, 5.41) is 0.255. The van der Waals surface area contributed by atoms with Crippen molar-refractivity contribution in [1.82, 2.24) is 0 Å². The van der Waals surface area contributed by atoms with Gasteiger partial charge in [-0.05, 0) is 71.7 Å². The van der Waals surface area contributed by atoms with Gasteiger partial charge < -0.3 is 13.6 Å². The average Bonchev–Trinajstić information content (AvgIpc) is 2.64. The maximum absolute atomic E-state index is 6.65. The summed E-state index contributed by atoms with van der Waals surface area (Å²) in [6.07, 6.45) is 4.24. The molecule has 0 atom stereocenters. The Morgan fingerprint density at radius 3 is 1.38 bits per heavy atom. The third kappa shape index (κ3) is 6.75. The lowest BCUT2D eigenvalue weighted by molar-refractivity contribution is 0.415. The molecule has 0 spiro atoms. The second-order valence-electron chi connectivity index (χ2n) is 11.6. The van der Waals surface area contributed by atoms with Gasteiger partial charge >= 0.3 is 0 Å². The van der Waals surface area contributed by atoms with E-state index in [-0.39, 0.29) is 10.1 Å². The van der Waals surface area contributed by atoms with Gasteiger partial charge in [0.05, 0.1) is 7.11 Å². The zero-order valence-electron chi connectivity index (χ0n) is 21.9. The van der Waals surface area contributed by atoms with E-state index in [9.17, 15) is 0 Å². The molecule has 5 heteroatoms. The molecule has 0 amide bonds. The number of hydrogen-bond acceptors (Lipinski definition) is 3. The van der Waals surface area contributed by atoms with E-state index in [1.807, 2.05) is 12.1 Å². The van der Waals surface area contributed by atoms with Gasteiger partial charge in [0, 0.05) is 6.07 Å². The lowest BCUT2D eigenvalue weighted by atomic mass is 10.1.